The topological polar surface area (TPSA) is 64.1 Å². The summed E-state index contributed by atoms with van der Waals surface area (Å²) in [5.74, 6) is 1.72. The van der Waals surface area contributed by atoms with Gasteiger partial charge in [-0.2, -0.15) is 0 Å². The molecule has 0 amide bonds. The molecule has 0 aliphatic heterocycles. The van der Waals surface area contributed by atoms with Crippen LogP contribution in [0.15, 0.2) is 150 Å². The monoisotopic (exact) mass is 717 g/mol. The van der Waals surface area contributed by atoms with Crippen LogP contribution in [-0.4, -0.2) is 19.6 Å². The Labute approximate surface area is 321 Å². The van der Waals surface area contributed by atoms with Crippen LogP contribution in [0.2, 0.25) is 0 Å². The van der Waals surface area contributed by atoms with Gasteiger partial charge in [-0.3, -0.25) is 9.55 Å². The molecule has 6 aromatic carbocycles. The zero-order chi connectivity index (χ0) is 37.6. The van der Waals surface area contributed by atoms with E-state index in [1.165, 1.54) is 27.6 Å². The molecule has 9 aromatic rings. The highest BCUT2D eigenvalue weighted by molar-refractivity contribution is 6.08. The summed E-state index contributed by atoms with van der Waals surface area (Å²) in [4.78, 5) is 9.89. The van der Waals surface area contributed by atoms with Crippen molar-refractivity contribution in [1.82, 2.24) is 14.5 Å². The van der Waals surface area contributed by atoms with Crippen LogP contribution in [0.3, 0.4) is 0 Å². The third-order valence-corrected chi connectivity index (χ3v) is 10.9. The second-order valence-electron chi connectivity index (χ2n) is 15.2. The third-order valence-electron chi connectivity index (χ3n) is 10.9. The number of aromatic nitrogens is 3. The maximum atomic E-state index is 12.5. The van der Waals surface area contributed by atoms with Crippen LogP contribution in [-0.2, 0) is 12.8 Å². The van der Waals surface area contributed by atoms with Gasteiger partial charge in [-0.05, 0) is 75.7 Å². The van der Waals surface area contributed by atoms with Crippen LogP contribution >= 0.6 is 0 Å². The lowest BCUT2D eigenvalue weighted by Gasteiger charge is -2.16. The molecule has 0 saturated carbocycles. The molecule has 0 aliphatic rings. The Morgan fingerprint density at radius 3 is 2.04 bits per heavy atom. The number of nitrogens with zero attached hydrogens (tertiary/aromatic N) is 3. The van der Waals surface area contributed by atoms with Crippen molar-refractivity contribution in [2.45, 2.75) is 52.4 Å². The molecule has 55 heavy (non-hydrogen) atoms. The van der Waals surface area contributed by atoms with Gasteiger partial charge in [-0.25, -0.2) is 4.98 Å². The first-order chi connectivity index (χ1) is 26.8. The highest BCUT2D eigenvalue weighted by Crippen LogP contribution is 2.44. The van der Waals surface area contributed by atoms with E-state index in [9.17, 15) is 5.11 Å². The number of fused-ring (bicyclic) bond motifs is 4. The largest absolute Gasteiger partial charge is 0.507 e. The predicted octanol–water partition coefficient (Wildman–Crippen LogP) is 12.8. The Balaban J connectivity index is 1.23. The maximum absolute atomic E-state index is 12.5. The van der Waals surface area contributed by atoms with Gasteiger partial charge in [0.1, 0.15) is 22.7 Å². The molecule has 9 rings (SSSR count). The molecule has 0 saturated heterocycles. The summed E-state index contributed by atoms with van der Waals surface area (Å²) in [5, 5.41) is 16.8. The van der Waals surface area contributed by atoms with Crippen LogP contribution in [0.5, 0.6) is 5.75 Å². The number of furan rings is 1. The number of hydrogen-bond acceptors (Lipinski definition) is 4. The van der Waals surface area contributed by atoms with Gasteiger partial charge in [-0.15, -0.1) is 0 Å². The van der Waals surface area contributed by atoms with E-state index in [2.05, 4.69) is 128 Å². The molecule has 0 spiro atoms. The van der Waals surface area contributed by atoms with E-state index in [0.29, 0.717) is 41.5 Å². The number of pyridine rings is 1. The fourth-order valence-corrected chi connectivity index (χ4v) is 7.86. The van der Waals surface area contributed by atoms with Crippen molar-refractivity contribution in [3.63, 3.8) is 0 Å². The van der Waals surface area contributed by atoms with Gasteiger partial charge in [0.25, 0.3) is 0 Å². The quantitative estimate of drug-likeness (QED) is 0.161. The van der Waals surface area contributed by atoms with E-state index >= 15 is 0 Å². The van der Waals surface area contributed by atoms with Gasteiger partial charge in [0.15, 0.2) is 0 Å². The van der Waals surface area contributed by atoms with Crippen LogP contribution < -0.4 is 0 Å². The van der Waals surface area contributed by atoms with E-state index in [-0.39, 0.29) is 5.75 Å². The summed E-state index contributed by atoms with van der Waals surface area (Å²) >= 11 is 0. The van der Waals surface area contributed by atoms with E-state index in [1.54, 1.807) is 0 Å². The Morgan fingerprint density at radius 1 is 0.636 bits per heavy atom. The normalized spacial score (nSPS) is 11.8. The Kier molecular flexibility index (Phi) is 8.78. The van der Waals surface area contributed by atoms with Crippen molar-refractivity contribution in [3.05, 3.63) is 179 Å². The van der Waals surface area contributed by atoms with Crippen molar-refractivity contribution < 1.29 is 9.52 Å². The summed E-state index contributed by atoms with van der Waals surface area (Å²) in [6.45, 7) is 8.95. The molecule has 270 valence electrons. The van der Waals surface area contributed by atoms with Gasteiger partial charge in [0.05, 0.1) is 5.69 Å². The minimum absolute atomic E-state index is 0.177. The zero-order valence-electron chi connectivity index (χ0n) is 31.6. The molecule has 3 heterocycles. The number of hydrogen-bond donors (Lipinski definition) is 1. The average molecular weight is 718 g/mol. The van der Waals surface area contributed by atoms with Crippen LogP contribution in [0.4, 0.5) is 0 Å². The van der Waals surface area contributed by atoms with Crippen molar-refractivity contribution in [2.24, 2.45) is 0 Å². The van der Waals surface area contributed by atoms with Crippen LogP contribution in [0.1, 0.15) is 72.9 Å². The molecule has 1 N–H and O–H groups in total. The molecule has 0 bridgehead atoms. The second-order valence-corrected chi connectivity index (χ2v) is 15.2. The average Bonchev–Trinajstić information content (AvgIpc) is 3.82. The zero-order valence-corrected chi connectivity index (χ0v) is 31.6. The summed E-state index contributed by atoms with van der Waals surface area (Å²) in [5.41, 5.74) is 11.7. The molecule has 0 fully saturated rings. The van der Waals surface area contributed by atoms with Crippen molar-refractivity contribution in [3.8, 4) is 34.1 Å². The molecule has 5 heteroatoms. The number of benzene rings is 6. The first kappa shape index (κ1) is 34.3. The number of rotatable bonds is 9. The van der Waals surface area contributed by atoms with Crippen molar-refractivity contribution in [1.29, 1.82) is 0 Å². The van der Waals surface area contributed by atoms with E-state index < -0.39 is 0 Å². The third kappa shape index (κ3) is 6.36. The number of imidazole rings is 1. The number of aromatic hydroxyl groups is 1. The van der Waals surface area contributed by atoms with E-state index in [1.807, 2.05) is 54.9 Å². The summed E-state index contributed by atoms with van der Waals surface area (Å²) in [6, 6.07) is 44.2. The number of para-hydroxylation sites is 1. The molecule has 5 nitrogen and oxygen atoms in total. The fourth-order valence-electron chi connectivity index (χ4n) is 7.86. The van der Waals surface area contributed by atoms with Gasteiger partial charge >= 0.3 is 0 Å². The first-order valence-electron chi connectivity index (χ1n) is 19.2. The number of phenols is 1. The SMILES string of the molecule is CC(C)c1cc(C(C)C)cc(-n2cc(-c3cc4c(oc5ccccc54)c(Cc4ccccc4Cc4cncc5ccccc45)c3O)nc2-c2ccccc2)c1. The lowest BCUT2D eigenvalue weighted by atomic mass is 9.91. The lowest BCUT2D eigenvalue weighted by molar-refractivity contribution is 0.470. The molecule has 0 aliphatic carbocycles. The highest BCUT2D eigenvalue weighted by Gasteiger charge is 2.24. The minimum atomic E-state index is 0.177. The fraction of sp³-hybridized carbons (Fsp3) is 0.160. The van der Waals surface area contributed by atoms with Gasteiger partial charge in [0.2, 0.25) is 0 Å². The Morgan fingerprint density at radius 2 is 1.29 bits per heavy atom. The van der Waals surface area contributed by atoms with Crippen LogP contribution in [0, 0.1) is 0 Å². The second kappa shape index (κ2) is 14.1. The van der Waals surface area contributed by atoms with Gasteiger partial charge in [0, 0.05) is 63.5 Å². The van der Waals surface area contributed by atoms with Gasteiger partial charge < -0.3 is 9.52 Å². The summed E-state index contributed by atoms with van der Waals surface area (Å²) in [6.07, 6.45) is 7.16. The Hall–Kier alpha value is -6.46. The van der Waals surface area contributed by atoms with Gasteiger partial charge in [-0.1, -0.05) is 131 Å². The summed E-state index contributed by atoms with van der Waals surface area (Å²) in [7, 11) is 0. The smallest absolute Gasteiger partial charge is 0.145 e. The predicted molar refractivity (Wildman–Crippen MR) is 225 cm³/mol. The maximum Gasteiger partial charge on any atom is 0.145 e. The molecular weight excluding hydrogens is 675 g/mol. The standard InChI is InChI=1S/C50H43N3O2/c1-31(2)37-23-38(32(3)4)25-40(24-37)53-30-46(52-50(53)33-14-6-5-7-15-33)44-27-43-42-20-12-13-21-47(42)55-49(43)45(48(44)54)26-35-17-9-8-16-34(35)22-39-29-51-28-36-18-10-11-19-41(36)39/h5-21,23-25,27-32,54H,22,26H2,1-4H3. The van der Waals surface area contributed by atoms with E-state index in [0.717, 1.165) is 49.9 Å². The van der Waals surface area contributed by atoms with Crippen molar-refractivity contribution >= 4 is 32.7 Å². The molecule has 3 aromatic heterocycles. The highest BCUT2D eigenvalue weighted by atomic mass is 16.3. The lowest BCUT2D eigenvalue weighted by Crippen LogP contribution is -2.01. The summed E-state index contributed by atoms with van der Waals surface area (Å²) < 4.78 is 8.77. The minimum Gasteiger partial charge on any atom is -0.507 e. The van der Waals surface area contributed by atoms with Crippen molar-refractivity contribution in [2.75, 3.05) is 0 Å². The Bertz CT molecular complexity index is 2810. The molecule has 0 atom stereocenters. The molecular formula is C50H43N3O2. The molecule has 0 radical (unpaired) electrons. The van der Waals surface area contributed by atoms with Crippen LogP contribution in [0.25, 0.3) is 61.0 Å². The number of phenolic OH excluding ortho intramolecular Hbond substituents is 1. The molecule has 0 unspecified atom stereocenters. The first-order valence-corrected chi connectivity index (χ1v) is 19.2. The van der Waals surface area contributed by atoms with E-state index in [4.69, 9.17) is 9.40 Å².